The fraction of sp³-hybridized carbons (Fsp3) is 0.417. The van der Waals surface area contributed by atoms with Gasteiger partial charge in [-0.3, -0.25) is 4.79 Å². The number of ether oxygens (including phenoxy) is 2. The van der Waals surface area contributed by atoms with Crippen molar-refractivity contribution in [1.29, 1.82) is 0 Å². The first-order chi connectivity index (χ1) is 21.6. The van der Waals surface area contributed by atoms with Crippen LogP contribution in [0.15, 0.2) is 42.5 Å². The van der Waals surface area contributed by atoms with Gasteiger partial charge in [0.05, 0.1) is 12.5 Å². The van der Waals surface area contributed by atoms with Crippen LogP contribution >= 0.6 is 0 Å². The number of hydrogen-bond acceptors (Lipinski definition) is 3. The molecule has 3 nitrogen and oxygen atoms in total. The molecule has 2 aliphatic carbocycles. The Labute approximate surface area is 259 Å². The van der Waals surface area contributed by atoms with Crippen molar-refractivity contribution >= 4 is 11.5 Å². The number of benzene rings is 3. The molecule has 1 unspecified atom stereocenters. The first-order valence-electron chi connectivity index (χ1n) is 15.5. The maximum Gasteiger partial charge on any atom is 0.314 e. The van der Waals surface area contributed by atoms with Crippen molar-refractivity contribution in [2.75, 3.05) is 6.61 Å². The predicted octanol–water partition coefficient (Wildman–Crippen LogP) is 10.2. The van der Waals surface area contributed by atoms with Gasteiger partial charge >= 0.3 is 5.97 Å². The summed E-state index contributed by atoms with van der Waals surface area (Å²) in [6, 6.07) is 8.60. The second-order valence-corrected chi connectivity index (χ2v) is 12.0. The highest BCUT2D eigenvalue weighted by Gasteiger charge is 2.32. The smallest absolute Gasteiger partial charge is 0.314 e. The normalized spacial score (nSPS) is 20.1. The van der Waals surface area contributed by atoms with Gasteiger partial charge in [0.2, 0.25) is 11.6 Å². The molecular weight excluding hydrogens is 594 g/mol. The summed E-state index contributed by atoms with van der Waals surface area (Å²) >= 11 is 0. The first kappa shape index (κ1) is 32.6. The lowest BCUT2D eigenvalue weighted by molar-refractivity contribution is -0.140. The number of esters is 1. The summed E-state index contributed by atoms with van der Waals surface area (Å²) in [5, 5.41) is 0. The van der Waals surface area contributed by atoms with Crippen LogP contribution < -0.4 is 9.47 Å². The fourth-order valence-corrected chi connectivity index (χ4v) is 6.33. The van der Waals surface area contributed by atoms with Crippen LogP contribution in [0.25, 0.3) is 5.57 Å². The van der Waals surface area contributed by atoms with E-state index in [1.807, 2.05) is 6.92 Å². The summed E-state index contributed by atoms with van der Waals surface area (Å²) in [7, 11) is 0. The molecule has 0 spiro atoms. The van der Waals surface area contributed by atoms with E-state index in [1.54, 1.807) is 12.1 Å². The van der Waals surface area contributed by atoms with Crippen LogP contribution in [0.2, 0.25) is 0 Å². The molecule has 9 heteroatoms. The van der Waals surface area contributed by atoms with Gasteiger partial charge in [0.1, 0.15) is 0 Å². The molecule has 1 atom stereocenters. The molecule has 0 heterocycles. The summed E-state index contributed by atoms with van der Waals surface area (Å²) in [6.07, 6.45) is 5.84. The Hall–Kier alpha value is -3.75. The summed E-state index contributed by atoms with van der Waals surface area (Å²) in [5.74, 6) is -8.75. The number of allylic oxidation sites excluding steroid dienone is 2. The summed E-state index contributed by atoms with van der Waals surface area (Å²) < 4.78 is 98.8. The average Bonchev–Trinajstić information content (AvgIpc) is 3.05. The van der Waals surface area contributed by atoms with Gasteiger partial charge < -0.3 is 9.47 Å². The van der Waals surface area contributed by atoms with Gasteiger partial charge in [0.25, 0.3) is 0 Å². The van der Waals surface area contributed by atoms with Crippen LogP contribution in [0.3, 0.4) is 0 Å². The van der Waals surface area contributed by atoms with Gasteiger partial charge in [0.15, 0.2) is 34.8 Å². The molecule has 0 saturated heterocycles. The Morgan fingerprint density at radius 3 is 2.07 bits per heavy atom. The first-order valence-corrected chi connectivity index (χ1v) is 15.5. The van der Waals surface area contributed by atoms with Gasteiger partial charge in [-0.1, -0.05) is 37.6 Å². The van der Waals surface area contributed by atoms with E-state index in [-0.39, 0.29) is 46.9 Å². The number of aryl methyl sites for hydroxylation is 1. The van der Waals surface area contributed by atoms with Gasteiger partial charge in [0, 0.05) is 5.56 Å². The zero-order chi connectivity index (χ0) is 32.2. The standard InChI is InChI=1S/C36H36F6O3/c1-3-4-19-44-28-17-15-26(32(39)34(28)41)21-6-8-22(9-7-21)27-16-18-29(35(42)33(27)40)45-36(43)24-12-10-23(11-13-24)25-14-5-20(2)30(37)31(25)38/h5-6,14-18,22-24H,3-4,7-13,19H2,1-2H3. The minimum absolute atomic E-state index is 0.113. The molecule has 0 radical (unpaired) electrons. The Morgan fingerprint density at radius 2 is 1.38 bits per heavy atom. The number of rotatable bonds is 9. The van der Waals surface area contributed by atoms with E-state index in [0.717, 1.165) is 12.8 Å². The molecule has 0 amide bonds. The molecule has 3 aromatic rings. The zero-order valence-corrected chi connectivity index (χ0v) is 25.3. The quantitative estimate of drug-likeness (QED) is 0.102. The van der Waals surface area contributed by atoms with Crippen molar-refractivity contribution in [2.45, 2.75) is 83.5 Å². The minimum Gasteiger partial charge on any atom is -0.490 e. The maximum atomic E-state index is 15.2. The molecule has 0 bridgehead atoms. The summed E-state index contributed by atoms with van der Waals surface area (Å²) in [5.41, 5.74) is 1.31. The summed E-state index contributed by atoms with van der Waals surface area (Å²) in [6.45, 7) is 3.74. The molecule has 1 fully saturated rings. The van der Waals surface area contributed by atoms with E-state index >= 15 is 8.78 Å². The summed E-state index contributed by atoms with van der Waals surface area (Å²) in [4.78, 5) is 12.8. The molecule has 1 saturated carbocycles. The van der Waals surface area contributed by atoms with E-state index in [4.69, 9.17) is 9.47 Å². The Kier molecular flexibility index (Phi) is 10.2. The van der Waals surface area contributed by atoms with Crippen molar-refractivity contribution < 1.29 is 40.6 Å². The predicted molar refractivity (Wildman–Crippen MR) is 159 cm³/mol. The SMILES string of the molecule is CCCCOc1ccc(C2=CCC(c3ccc(OC(=O)C4CCC(c5ccc(C)c(F)c5F)CC4)c(F)c3F)CC2)c(F)c1F. The second-order valence-electron chi connectivity index (χ2n) is 12.0. The number of carbonyl (C=O) groups excluding carboxylic acids is 1. The van der Waals surface area contributed by atoms with Crippen LogP contribution in [0.4, 0.5) is 26.3 Å². The third-order valence-electron chi connectivity index (χ3n) is 9.09. The van der Waals surface area contributed by atoms with Gasteiger partial charge in [-0.2, -0.15) is 8.78 Å². The van der Waals surface area contributed by atoms with Crippen molar-refractivity contribution in [2.24, 2.45) is 5.92 Å². The van der Waals surface area contributed by atoms with Crippen molar-refractivity contribution in [3.8, 4) is 11.5 Å². The largest absolute Gasteiger partial charge is 0.490 e. The van der Waals surface area contributed by atoms with Gasteiger partial charge in [-0.25, -0.2) is 17.6 Å². The van der Waals surface area contributed by atoms with Crippen molar-refractivity contribution in [3.63, 3.8) is 0 Å². The zero-order valence-electron chi connectivity index (χ0n) is 25.3. The molecule has 3 aromatic carbocycles. The fourth-order valence-electron chi connectivity index (χ4n) is 6.33. The lowest BCUT2D eigenvalue weighted by Crippen LogP contribution is -2.26. The third-order valence-corrected chi connectivity index (χ3v) is 9.09. The number of unbranched alkanes of at least 4 members (excludes halogenated alkanes) is 1. The lowest BCUT2D eigenvalue weighted by atomic mass is 9.78. The molecular formula is C36H36F6O3. The number of carbonyl (C=O) groups is 1. The number of hydrogen-bond donors (Lipinski definition) is 0. The Morgan fingerprint density at radius 1 is 0.733 bits per heavy atom. The van der Waals surface area contributed by atoms with Crippen LogP contribution in [0.1, 0.15) is 98.8 Å². The van der Waals surface area contributed by atoms with E-state index in [0.29, 0.717) is 44.1 Å². The highest BCUT2D eigenvalue weighted by Crippen LogP contribution is 2.41. The Balaban J connectivity index is 1.20. The molecule has 45 heavy (non-hydrogen) atoms. The topological polar surface area (TPSA) is 35.5 Å². The molecule has 2 aliphatic rings. The second kappa shape index (κ2) is 14.1. The minimum atomic E-state index is -1.27. The maximum absolute atomic E-state index is 15.2. The van der Waals surface area contributed by atoms with Crippen LogP contribution in [-0.2, 0) is 4.79 Å². The lowest BCUT2D eigenvalue weighted by Gasteiger charge is -2.28. The van der Waals surface area contributed by atoms with Crippen molar-refractivity contribution in [1.82, 2.24) is 0 Å². The molecule has 5 rings (SSSR count). The van der Waals surface area contributed by atoms with E-state index < -0.39 is 58.5 Å². The van der Waals surface area contributed by atoms with E-state index in [1.165, 1.54) is 37.3 Å². The average molecular weight is 631 g/mol. The Bertz CT molecular complexity index is 1590. The van der Waals surface area contributed by atoms with Gasteiger partial charge in [-0.05, 0) is 111 Å². The van der Waals surface area contributed by atoms with Crippen LogP contribution in [-0.4, -0.2) is 12.6 Å². The molecule has 0 aromatic heterocycles. The monoisotopic (exact) mass is 630 g/mol. The highest BCUT2D eigenvalue weighted by molar-refractivity contribution is 5.75. The van der Waals surface area contributed by atoms with Crippen LogP contribution in [0.5, 0.6) is 11.5 Å². The van der Waals surface area contributed by atoms with E-state index in [9.17, 15) is 22.4 Å². The molecule has 240 valence electrons. The molecule has 0 aliphatic heterocycles. The van der Waals surface area contributed by atoms with Crippen LogP contribution in [0, 0.1) is 47.7 Å². The number of halogens is 6. The van der Waals surface area contributed by atoms with E-state index in [2.05, 4.69) is 0 Å². The molecule has 0 N–H and O–H groups in total. The van der Waals surface area contributed by atoms with Gasteiger partial charge in [-0.15, -0.1) is 0 Å². The van der Waals surface area contributed by atoms with Crippen molar-refractivity contribution in [3.05, 3.63) is 99.6 Å². The third kappa shape index (κ3) is 6.92. The highest BCUT2D eigenvalue weighted by atomic mass is 19.2.